The van der Waals surface area contributed by atoms with Gasteiger partial charge in [0, 0.05) is 50.7 Å². The largest absolute Gasteiger partial charge is 0.346 e. The number of benzene rings is 3. The lowest BCUT2D eigenvalue weighted by molar-refractivity contribution is -0.273. The Morgan fingerprint density at radius 1 is 0.435 bits per heavy atom. The zero-order valence-electron chi connectivity index (χ0n) is 26.1. The van der Waals surface area contributed by atoms with Crippen LogP contribution in [0.3, 0.4) is 0 Å². The summed E-state index contributed by atoms with van der Waals surface area (Å²) in [5.74, 6) is -2.60. The predicted molar refractivity (Wildman–Crippen MR) is 162 cm³/mol. The van der Waals surface area contributed by atoms with Gasteiger partial charge in [0.1, 0.15) is 0 Å². The van der Waals surface area contributed by atoms with Crippen LogP contribution in [0.5, 0.6) is 0 Å². The SMILES string of the molecule is COC1(OC)C2(c3ccccc3)N=NC1(c1ccc(C34N=NC(c5ccccc5)(N5CNCN53)C4(OC)OC)cc1)N1CNCN12. The topological polar surface area (TPSA) is 123 Å². The first-order valence-electron chi connectivity index (χ1n) is 15.4. The number of fused-ring (bicyclic) bond motifs is 10. The van der Waals surface area contributed by atoms with Crippen LogP contribution in [-0.2, 0) is 41.6 Å². The van der Waals surface area contributed by atoms with Gasteiger partial charge in [-0.2, -0.15) is 40.5 Å². The second kappa shape index (κ2) is 9.51. The molecule has 9 rings (SSSR count). The Kier molecular flexibility index (Phi) is 5.93. The summed E-state index contributed by atoms with van der Waals surface area (Å²) in [7, 11) is 6.66. The van der Waals surface area contributed by atoms with Gasteiger partial charge in [0.25, 0.3) is 11.6 Å². The number of nitrogens with zero attached hydrogens (tertiary/aromatic N) is 8. The van der Waals surface area contributed by atoms with E-state index in [1.807, 2.05) is 60.7 Å². The van der Waals surface area contributed by atoms with Gasteiger partial charge in [-0.3, -0.25) is 10.6 Å². The third kappa shape index (κ3) is 2.71. The van der Waals surface area contributed by atoms with E-state index in [4.69, 9.17) is 39.4 Å². The third-order valence-electron chi connectivity index (χ3n) is 10.8. The van der Waals surface area contributed by atoms with Gasteiger partial charge in [0.2, 0.25) is 22.7 Å². The second-order valence-corrected chi connectivity index (χ2v) is 12.2. The lowest BCUT2D eigenvalue weighted by Gasteiger charge is -2.43. The van der Waals surface area contributed by atoms with Gasteiger partial charge in [-0.25, -0.2) is 0 Å². The Hall–Kier alpha value is -3.54. The van der Waals surface area contributed by atoms with Crippen LogP contribution < -0.4 is 10.6 Å². The normalized spacial score (nSPS) is 35.4. The van der Waals surface area contributed by atoms with Crippen molar-refractivity contribution in [1.29, 1.82) is 0 Å². The van der Waals surface area contributed by atoms with E-state index in [-0.39, 0.29) is 0 Å². The van der Waals surface area contributed by atoms with Crippen LogP contribution in [0.1, 0.15) is 22.3 Å². The van der Waals surface area contributed by atoms with Crippen molar-refractivity contribution in [2.45, 2.75) is 34.2 Å². The molecule has 3 aromatic rings. The summed E-state index contributed by atoms with van der Waals surface area (Å²) >= 11 is 0. The van der Waals surface area contributed by atoms with Crippen LogP contribution in [0.25, 0.3) is 0 Å². The highest BCUT2D eigenvalue weighted by Crippen LogP contribution is 2.69. The highest BCUT2D eigenvalue weighted by molar-refractivity contribution is 5.46. The Balaban J connectivity index is 1.21. The third-order valence-corrected chi connectivity index (χ3v) is 10.8. The number of rotatable bonds is 8. The molecular formula is C32H36N10O4. The van der Waals surface area contributed by atoms with E-state index >= 15 is 0 Å². The zero-order valence-corrected chi connectivity index (χ0v) is 26.1. The fourth-order valence-electron chi connectivity index (χ4n) is 9.11. The van der Waals surface area contributed by atoms with Gasteiger partial charge >= 0.3 is 0 Å². The van der Waals surface area contributed by atoms with E-state index in [1.54, 1.807) is 28.4 Å². The number of hydrazine groups is 2. The number of hydrogen-bond acceptors (Lipinski definition) is 14. The molecule has 46 heavy (non-hydrogen) atoms. The summed E-state index contributed by atoms with van der Waals surface area (Å²) < 4.78 is 25.7. The van der Waals surface area contributed by atoms with Crippen molar-refractivity contribution in [2.75, 3.05) is 55.1 Å². The molecule has 6 aliphatic heterocycles. The number of hydrogen-bond donors (Lipinski definition) is 2. The molecule has 4 fully saturated rings. The molecule has 14 nitrogen and oxygen atoms in total. The van der Waals surface area contributed by atoms with Crippen LogP contribution in [0, 0.1) is 0 Å². The Bertz CT molecular complexity index is 1600. The molecule has 0 radical (unpaired) electrons. The minimum Gasteiger partial charge on any atom is -0.346 e. The maximum Gasteiger partial charge on any atom is 0.262 e. The van der Waals surface area contributed by atoms with E-state index in [9.17, 15) is 0 Å². The highest BCUT2D eigenvalue weighted by atomic mass is 16.7. The predicted octanol–water partition coefficient (Wildman–Crippen LogP) is 2.71. The van der Waals surface area contributed by atoms with Crippen LogP contribution in [-0.4, -0.2) is 86.7 Å². The monoisotopic (exact) mass is 624 g/mol. The number of ether oxygens (including phenoxy) is 4. The molecule has 0 aliphatic carbocycles. The van der Waals surface area contributed by atoms with E-state index in [0.29, 0.717) is 26.7 Å². The molecule has 4 unspecified atom stereocenters. The lowest BCUT2D eigenvalue weighted by atomic mass is 9.79. The van der Waals surface area contributed by atoms with Crippen molar-refractivity contribution < 1.29 is 18.9 Å². The summed E-state index contributed by atoms with van der Waals surface area (Å²) in [5, 5.41) is 35.7. The second-order valence-electron chi connectivity index (χ2n) is 12.2. The highest BCUT2D eigenvalue weighted by Gasteiger charge is 2.86. The fourth-order valence-corrected chi connectivity index (χ4v) is 9.11. The standard InChI is InChI=1S/C32H36N10O4/c1-43-31(44-2)27(23-11-7-5-8-12-23)35-37-29(31,41-21-33-19-39(27)41)25-15-17-26(18-16-25)30-32(45-3,46-4)28(36-38-30,24-13-9-6-10-14-24)40-20-34-22-42(30)40/h5-18,33-34H,19-22H2,1-4H3. The first-order valence-corrected chi connectivity index (χ1v) is 15.4. The van der Waals surface area contributed by atoms with Gasteiger partial charge in [0.05, 0.1) is 26.7 Å². The molecule has 2 N–H and O–H groups in total. The Labute approximate surface area is 266 Å². The molecule has 238 valence electrons. The van der Waals surface area contributed by atoms with Crippen molar-refractivity contribution in [3.63, 3.8) is 0 Å². The first-order chi connectivity index (χ1) is 22.5. The molecule has 0 amide bonds. The minimum absolute atomic E-state index is 0.534. The van der Waals surface area contributed by atoms with Crippen molar-refractivity contribution in [2.24, 2.45) is 20.5 Å². The molecule has 6 heterocycles. The summed E-state index contributed by atoms with van der Waals surface area (Å²) in [6.07, 6.45) is 0. The van der Waals surface area contributed by atoms with Gasteiger partial charge in [-0.15, -0.1) is 0 Å². The zero-order chi connectivity index (χ0) is 31.4. The van der Waals surface area contributed by atoms with Crippen LogP contribution >= 0.6 is 0 Å². The molecule has 14 heteroatoms. The van der Waals surface area contributed by atoms with E-state index in [0.717, 1.165) is 22.3 Å². The van der Waals surface area contributed by atoms with Crippen LogP contribution in [0.4, 0.5) is 0 Å². The molecule has 4 atom stereocenters. The Morgan fingerprint density at radius 2 is 0.696 bits per heavy atom. The molecule has 3 aromatic carbocycles. The summed E-state index contributed by atoms with van der Waals surface area (Å²) in [6, 6.07) is 28.4. The van der Waals surface area contributed by atoms with Gasteiger partial charge in [-0.05, 0) is 0 Å². The number of methoxy groups -OCH3 is 4. The van der Waals surface area contributed by atoms with E-state index < -0.39 is 34.2 Å². The maximum atomic E-state index is 6.43. The molecular weight excluding hydrogens is 588 g/mol. The van der Waals surface area contributed by atoms with Crippen molar-refractivity contribution >= 4 is 0 Å². The summed E-state index contributed by atoms with van der Waals surface area (Å²) in [6.45, 7) is 2.17. The first kappa shape index (κ1) is 28.7. The number of nitrogens with one attached hydrogen (secondary N) is 2. The molecule has 4 bridgehead atoms. The summed E-state index contributed by atoms with van der Waals surface area (Å²) in [5.41, 5.74) is -0.823. The molecule has 4 saturated heterocycles. The smallest absolute Gasteiger partial charge is 0.262 e. The lowest BCUT2D eigenvalue weighted by Crippen LogP contribution is -2.61. The van der Waals surface area contributed by atoms with Crippen molar-refractivity contribution in [1.82, 2.24) is 30.7 Å². The Morgan fingerprint density at radius 3 is 0.957 bits per heavy atom. The average molecular weight is 625 g/mol. The van der Waals surface area contributed by atoms with Crippen LogP contribution in [0.2, 0.25) is 0 Å². The van der Waals surface area contributed by atoms with Gasteiger partial charge in [0.15, 0.2) is 0 Å². The van der Waals surface area contributed by atoms with E-state index in [1.165, 1.54) is 0 Å². The molecule has 6 aliphatic rings. The quantitative estimate of drug-likeness (QED) is 0.362. The van der Waals surface area contributed by atoms with Crippen LogP contribution in [0.15, 0.2) is 105 Å². The average Bonchev–Trinajstić information content (AvgIpc) is 3.95. The van der Waals surface area contributed by atoms with E-state index in [2.05, 4.69) is 54.9 Å². The van der Waals surface area contributed by atoms with Gasteiger partial charge in [-0.1, -0.05) is 84.9 Å². The summed E-state index contributed by atoms with van der Waals surface area (Å²) in [4.78, 5) is 0. The maximum absolute atomic E-state index is 6.43. The fraction of sp³-hybridized carbons (Fsp3) is 0.438. The molecule has 0 aromatic heterocycles. The molecule has 0 spiro atoms. The molecule has 0 saturated carbocycles. The number of azo groups is 2. The van der Waals surface area contributed by atoms with Crippen molar-refractivity contribution in [3.8, 4) is 0 Å². The van der Waals surface area contributed by atoms with Crippen molar-refractivity contribution in [3.05, 3.63) is 107 Å². The van der Waals surface area contributed by atoms with Gasteiger partial charge < -0.3 is 18.9 Å². The minimum atomic E-state index is -1.30.